The summed E-state index contributed by atoms with van der Waals surface area (Å²) in [5.74, 6) is 0.426. The molecule has 0 bridgehead atoms. The summed E-state index contributed by atoms with van der Waals surface area (Å²) in [6, 6.07) is 15.1. The fourth-order valence-electron chi connectivity index (χ4n) is 3.24. The van der Waals surface area contributed by atoms with Crippen molar-refractivity contribution in [3.63, 3.8) is 0 Å². The van der Waals surface area contributed by atoms with Crippen LogP contribution in [0.2, 0.25) is 0 Å². The molecule has 0 aliphatic rings. The predicted molar refractivity (Wildman–Crippen MR) is 117 cm³/mol. The zero-order chi connectivity index (χ0) is 23.7. The first kappa shape index (κ1) is 21.2. The van der Waals surface area contributed by atoms with Gasteiger partial charge in [-0.15, -0.1) is 0 Å². The minimum absolute atomic E-state index is 0.0330. The molecule has 4 aromatic heterocycles. The van der Waals surface area contributed by atoms with Crippen LogP contribution in [0.3, 0.4) is 0 Å². The first-order valence-corrected chi connectivity index (χ1v) is 10.0. The summed E-state index contributed by atoms with van der Waals surface area (Å²) >= 11 is 0. The molecule has 0 radical (unpaired) electrons. The maximum atomic E-state index is 13.0. The van der Waals surface area contributed by atoms with Crippen LogP contribution in [0.4, 0.5) is 30.8 Å². The number of hydrogen-bond acceptors (Lipinski definition) is 7. The van der Waals surface area contributed by atoms with Gasteiger partial charge in [-0.2, -0.15) is 23.4 Å². The lowest BCUT2D eigenvalue weighted by Crippen LogP contribution is -2.16. The molecule has 0 saturated heterocycles. The second-order valence-corrected chi connectivity index (χ2v) is 7.26. The number of H-pyrrole nitrogens is 2. The third-order valence-corrected chi connectivity index (χ3v) is 4.81. The number of benzene rings is 1. The monoisotopic (exact) mass is 463 g/mol. The van der Waals surface area contributed by atoms with Crippen LogP contribution in [-0.2, 0) is 6.18 Å². The van der Waals surface area contributed by atoms with E-state index in [4.69, 9.17) is 0 Å². The van der Waals surface area contributed by atoms with Crippen molar-refractivity contribution in [3.05, 3.63) is 78.4 Å². The minimum Gasteiger partial charge on any atom is -0.282 e. The first-order chi connectivity index (χ1) is 16.4. The van der Waals surface area contributed by atoms with Gasteiger partial charge >= 0.3 is 6.18 Å². The number of nitrogens with one attached hydrogen (secondary N) is 2. The number of alkyl halides is 3. The Bertz CT molecular complexity index is 1430. The van der Waals surface area contributed by atoms with Gasteiger partial charge in [0.1, 0.15) is 17.1 Å². The van der Waals surface area contributed by atoms with Crippen LogP contribution in [0.1, 0.15) is 11.4 Å². The molecular formula is C22H16F3N9. The molecule has 5 rings (SSSR count). The Labute approximate surface area is 190 Å². The Morgan fingerprint density at radius 3 is 1.85 bits per heavy atom. The first-order valence-electron chi connectivity index (χ1n) is 10.0. The van der Waals surface area contributed by atoms with Gasteiger partial charge in [0, 0.05) is 18.1 Å². The van der Waals surface area contributed by atoms with Crippen molar-refractivity contribution >= 4 is 17.6 Å². The number of hydrogen-bond donors (Lipinski definition) is 2. The normalized spacial score (nSPS) is 11.5. The molecule has 0 aliphatic carbocycles. The lowest BCUT2D eigenvalue weighted by Gasteiger charge is -2.21. The molecule has 5 aromatic rings. The average molecular weight is 463 g/mol. The zero-order valence-electron chi connectivity index (χ0n) is 17.6. The minimum atomic E-state index is -4.55. The molecule has 0 unspecified atom stereocenters. The van der Waals surface area contributed by atoms with E-state index in [9.17, 15) is 13.2 Å². The zero-order valence-corrected chi connectivity index (χ0v) is 17.6. The Kier molecular flexibility index (Phi) is 5.24. The summed E-state index contributed by atoms with van der Waals surface area (Å²) in [6.07, 6.45) is -1.52. The number of nitrogens with zero attached hydrogens (tertiary/aromatic N) is 7. The Morgan fingerprint density at radius 1 is 0.735 bits per heavy atom. The highest BCUT2D eigenvalue weighted by Gasteiger charge is 2.33. The average Bonchev–Trinajstić information content (AvgIpc) is 3.50. The molecule has 0 aliphatic heterocycles. The van der Waals surface area contributed by atoms with E-state index in [1.165, 1.54) is 12.3 Å². The summed E-state index contributed by atoms with van der Waals surface area (Å²) in [7, 11) is 0. The number of halogens is 3. The van der Waals surface area contributed by atoms with E-state index < -0.39 is 11.9 Å². The molecule has 0 amide bonds. The van der Waals surface area contributed by atoms with Crippen LogP contribution < -0.4 is 4.90 Å². The molecule has 12 heteroatoms. The largest absolute Gasteiger partial charge is 0.432 e. The van der Waals surface area contributed by atoms with E-state index in [1.807, 2.05) is 48.4 Å². The molecule has 0 fully saturated rings. The number of rotatable bonds is 5. The molecule has 2 N–H and O–H groups in total. The molecule has 4 heterocycles. The van der Waals surface area contributed by atoms with E-state index in [0.29, 0.717) is 17.1 Å². The maximum absolute atomic E-state index is 13.0. The van der Waals surface area contributed by atoms with Gasteiger partial charge in [0.2, 0.25) is 11.9 Å². The summed E-state index contributed by atoms with van der Waals surface area (Å²) in [5, 5.41) is 12.9. The van der Waals surface area contributed by atoms with Crippen molar-refractivity contribution in [2.45, 2.75) is 13.1 Å². The SMILES string of the molecule is Cc1cc(-c2ccnc(N(c3ccccc3)c3nccc(-c4cc(C(F)(F)F)[nH]n4)n3)n2)n[nH]1. The Morgan fingerprint density at radius 2 is 1.32 bits per heavy atom. The van der Waals surface area contributed by atoms with Gasteiger partial charge in [-0.05, 0) is 43.3 Å². The molecular weight excluding hydrogens is 447 g/mol. The maximum Gasteiger partial charge on any atom is 0.432 e. The summed E-state index contributed by atoms with van der Waals surface area (Å²) in [6.45, 7) is 1.88. The number of aromatic nitrogens is 8. The standard InChI is InChI=1S/C22H16F3N9/c1-13-11-17(31-30-13)15-7-9-26-20(28-15)34(14-5-3-2-4-6-14)21-27-10-8-16(29-21)18-12-19(33-32-18)22(23,24)25/h2-12H,1H3,(H,30,31)(H,32,33). The smallest absolute Gasteiger partial charge is 0.282 e. The lowest BCUT2D eigenvalue weighted by molar-refractivity contribution is -0.141. The highest BCUT2D eigenvalue weighted by Crippen LogP contribution is 2.33. The van der Waals surface area contributed by atoms with E-state index in [-0.39, 0.29) is 23.3 Å². The fourth-order valence-corrected chi connectivity index (χ4v) is 3.24. The summed E-state index contributed by atoms with van der Waals surface area (Å²) in [5.41, 5.74) is 2.03. The molecule has 0 saturated carbocycles. The van der Waals surface area contributed by atoms with Crippen molar-refractivity contribution in [1.29, 1.82) is 0 Å². The molecule has 170 valence electrons. The van der Waals surface area contributed by atoms with Gasteiger partial charge in [-0.1, -0.05) is 18.2 Å². The summed E-state index contributed by atoms with van der Waals surface area (Å²) in [4.78, 5) is 19.4. The van der Waals surface area contributed by atoms with Gasteiger partial charge in [0.05, 0.1) is 17.1 Å². The van der Waals surface area contributed by atoms with Gasteiger partial charge in [0.25, 0.3) is 0 Å². The van der Waals surface area contributed by atoms with E-state index in [1.54, 1.807) is 17.2 Å². The summed E-state index contributed by atoms with van der Waals surface area (Å²) < 4.78 is 39.0. The van der Waals surface area contributed by atoms with Crippen LogP contribution in [0, 0.1) is 6.92 Å². The second-order valence-electron chi connectivity index (χ2n) is 7.26. The van der Waals surface area contributed by atoms with Crippen LogP contribution in [0.25, 0.3) is 22.8 Å². The third kappa shape index (κ3) is 4.20. The van der Waals surface area contributed by atoms with E-state index in [0.717, 1.165) is 11.8 Å². The molecule has 0 atom stereocenters. The number of para-hydroxylation sites is 1. The van der Waals surface area contributed by atoms with Crippen molar-refractivity contribution in [2.75, 3.05) is 4.90 Å². The number of anilines is 3. The molecule has 0 spiro atoms. The van der Waals surface area contributed by atoms with Crippen LogP contribution in [0.15, 0.2) is 67.0 Å². The molecule has 1 aromatic carbocycles. The van der Waals surface area contributed by atoms with Crippen molar-refractivity contribution in [3.8, 4) is 22.8 Å². The van der Waals surface area contributed by atoms with Gasteiger partial charge in [-0.25, -0.2) is 24.8 Å². The third-order valence-electron chi connectivity index (χ3n) is 4.81. The van der Waals surface area contributed by atoms with Gasteiger partial charge in [-0.3, -0.25) is 10.2 Å². The fraction of sp³-hybridized carbons (Fsp3) is 0.0909. The van der Waals surface area contributed by atoms with Gasteiger partial charge in [0.15, 0.2) is 0 Å². The highest BCUT2D eigenvalue weighted by molar-refractivity contribution is 5.70. The predicted octanol–water partition coefficient (Wildman–Crippen LogP) is 4.84. The number of aromatic amines is 2. The quantitative estimate of drug-likeness (QED) is 0.383. The molecule has 9 nitrogen and oxygen atoms in total. The van der Waals surface area contributed by atoms with E-state index >= 15 is 0 Å². The van der Waals surface area contributed by atoms with Crippen molar-refractivity contribution in [2.24, 2.45) is 0 Å². The molecule has 34 heavy (non-hydrogen) atoms. The lowest BCUT2D eigenvalue weighted by atomic mass is 10.2. The van der Waals surface area contributed by atoms with Crippen molar-refractivity contribution < 1.29 is 13.2 Å². The Hall–Kier alpha value is -4.61. The van der Waals surface area contributed by atoms with Crippen molar-refractivity contribution in [1.82, 2.24) is 40.3 Å². The Balaban J connectivity index is 1.60. The highest BCUT2D eigenvalue weighted by atomic mass is 19.4. The second kappa shape index (κ2) is 8.39. The van der Waals surface area contributed by atoms with E-state index in [2.05, 4.69) is 35.2 Å². The van der Waals surface area contributed by atoms with Crippen LogP contribution in [0.5, 0.6) is 0 Å². The van der Waals surface area contributed by atoms with Crippen LogP contribution >= 0.6 is 0 Å². The topological polar surface area (TPSA) is 112 Å². The van der Waals surface area contributed by atoms with Gasteiger partial charge < -0.3 is 0 Å². The van der Waals surface area contributed by atoms with Crippen LogP contribution in [-0.4, -0.2) is 40.3 Å². The number of aryl methyl sites for hydroxylation is 1.